The molecule has 0 spiro atoms. The molecule has 4 nitrogen and oxygen atoms in total. The molecule has 0 amide bonds. The van der Waals surface area contributed by atoms with Gasteiger partial charge in [-0.25, -0.2) is 0 Å². The molecule has 1 aliphatic heterocycles. The van der Waals surface area contributed by atoms with E-state index in [9.17, 15) is 9.90 Å². The molecule has 1 unspecified atom stereocenters. The number of aromatic hydroxyl groups is 1. The number of aliphatic carboxylic acids is 1. The number of carboxylic acids is 1. The van der Waals surface area contributed by atoms with E-state index in [0.29, 0.717) is 5.75 Å². The Balaban J connectivity index is 2.04. The van der Waals surface area contributed by atoms with E-state index in [4.69, 9.17) is 5.11 Å². The molecule has 4 heteroatoms. The number of carboxylic acid groups (broad SMARTS) is 1. The van der Waals surface area contributed by atoms with Crippen molar-refractivity contribution in [1.82, 2.24) is 4.90 Å². The van der Waals surface area contributed by atoms with Gasteiger partial charge in [0, 0.05) is 26.1 Å². The Bertz CT molecular complexity index is 510. The Morgan fingerprint density at radius 3 is 2.75 bits per heavy atom. The molecule has 2 rings (SSSR count). The highest BCUT2D eigenvalue weighted by molar-refractivity contribution is 5.67. The number of rotatable bonds is 4. The fourth-order valence-corrected chi connectivity index (χ4v) is 3.01. The van der Waals surface area contributed by atoms with Crippen molar-refractivity contribution in [2.75, 3.05) is 13.1 Å². The van der Waals surface area contributed by atoms with E-state index in [1.165, 1.54) is 0 Å². The van der Waals surface area contributed by atoms with Crippen LogP contribution in [-0.4, -0.2) is 34.2 Å². The number of phenolic OH excluding ortho intramolecular Hbond substituents is 1. The van der Waals surface area contributed by atoms with E-state index in [2.05, 4.69) is 18.7 Å². The zero-order valence-electron chi connectivity index (χ0n) is 12.4. The largest absolute Gasteiger partial charge is 0.508 e. The second-order valence-corrected chi connectivity index (χ2v) is 6.57. The Labute approximate surface area is 120 Å². The molecule has 1 heterocycles. The fourth-order valence-electron chi connectivity index (χ4n) is 3.01. The first-order chi connectivity index (χ1) is 9.28. The summed E-state index contributed by atoms with van der Waals surface area (Å²) in [5, 5.41) is 18.7. The minimum atomic E-state index is -0.724. The number of aryl methyl sites for hydroxylation is 1. The number of benzene rings is 1. The molecular weight excluding hydrogens is 254 g/mol. The number of nitrogens with zero attached hydrogens (tertiary/aromatic N) is 1. The highest BCUT2D eigenvalue weighted by atomic mass is 16.4. The number of hydrogen-bond acceptors (Lipinski definition) is 3. The molecule has 0 aromatic heterocycles. The summed E-state index contributed by atoms with van der Waals surface area (Å²) in [6.45, 7) is 8.59. The standard InChI is InChI=1S/C16H23NO3/c1-11-4-5-12(6-14(11)18)8-17-9-13(7-15(19)20)16(2,3)10-17/h4-6,13,18H,7-10H2,1-3H3,(H,19,20). The lowest BCUT2D eigenvalue weighted by Crippen LogP contribution is -2.24. The van der Waals surface area contributed by atoms with Gasteiger partial charge in [0.1, 0.15) is 5.75 Å². The summed E-state index contributed by atoms with van der Waals surface area (Å²) in [5.74, 6) is -0.222. The molecule has 0 aliphatic carbocycles. The summed E-state index contributed by atoms with van der Waals surface area (Å²) in [6.07, 6.45) is 0.225. The minimum Gasteiger partial charge on any atom is -0.508 e. The van der Waals surface area contributed by atoms with Crippen LogP contribution in [0.15, 0.2) is 18.2 Å². The summed E-state index contributed by atoms with van der Waals surface area (Å²) >= 11 is 0. The van der Waals surface area contributed by atoms with E-state index in [1.54, 1.807) is 6.07 Å². The van der Waals surface area contributed by atoms with Crippen molar-refractivity contribution in [3.63, 3.8) is 0 Å². The van der Waals surface area contributed by atoms with Gasteiger partial charge in [0.05, 0.1) is 0 Å². The molecule has 1 atom stereocenters. The average Bonchev–Trinajstić information content (AvgIpc) is 2.58. The van der Waals surface area contributed by atoms with Crippen LogP contribution in [0.1, 0.15) is 31.4 Å². The Morgan fingerprint density at radius 1 is 1.45 bits per heavy atom. The van der Waals surface area contributed by atoms with Gasteiger partial charge in [-0.2, -0.15) is 0 Å². The summed E-state index contributed by atoms with van der Waals surface area (Å²) in [7, 11) is 0. The van der Waals surface area contributed by atoms with Crippen molar-refractivity contribution in [1.29, 1.82) is 0 Å². The van der Waals surface area contributed by atoms with Crippen molar-refractivity contribution >= 4 is 5.97 Å². The highest BCUT2D eigenvalue weighted by Gasteiger charge is 2.40. The molecule has 1 aliphatic rings. The fraction of sp³-hybridized carbons (Fsp3) is 0.562. The molecule has 110 valence electrons. The zero-order chi connectivity index (χ0) is 14.9. The van der Waals surface area contributed by atoms with E-state index >= 15 is 0 Å². The van der Waals surface area contributed by atoms with Crippen LogP contribution in [0.3, 0.4) is 0 Å². The van der Waals surface area contributed by atoms with Crippen LogP contribution in [-0.2, 0) is 11.3 Å². The number of hydrogen-bond donors (Lipinski definition) is 2. The second-order valence-electron chi connectivity index (χ2n) is 6.57. The molecular formula is C16H23NO3. The van der Waals surface area contributed by atoms with Crippen LogP contribution in [0.4, 0.5) is 0 Å². The van der Waals surface area contributed by atoms with Gasteiger partial charge in [0.25, 0.3) is 0 Å². The maximum absolute atomic E-state index is 10.9. The van der Waals surface area contributed by atoms with E-state index < -0.39 is 5.97 Å². The molecule has 20 heavy (non-hydrogen) atoms. The maximum atomic E-state index is 10.9. The van der Waals surface area contributed by atoms with Gasteiger partial charge in [-0.05, 0) is 35.4 Å². The van der Waals surface area contributed by atoms with Crippen molar-refractivity contribution in [3.05, 3.63) is 29.3 Å². The van der Waals surface area contributed by atoms with Crippen LogP contribution in [0.25, 0.3) is 0 Å². The van der Waals surface area contributed by atoms with Gasteiger partial charge in [-0.1, -0.05) is 26.0 Å². The lowest BCUT2D eigenvalue weighted by atomic mass is 9.80. The predicted molar refractivity (Wildman–Crippen MR) is 77.6 cm³/mol. The van der Waals surface area contributed by atoms with Gasteiger partial charge in [0.2, 0.25) is 0 Å². The first-order valence-electron chi connectivity index (χ1n) is 7.00. The second kappa shape index (κ2) is 5.44. The molecule has 1 saturated heterocycles. The third-order valence-electron chi connectivity index (χ3n) is 4.32. The molecule has 0 saturated carbocycles. The quantitative estimate of drug-likeness (QED) is 0.888. The van der Waals surface area contributed by atoms with Crippen LogP contribution in [0.5, 0.6) is 5.75 Å². The lowest BCUT2D eigenvalue weighted by molar-refractivity contribution is -0.138. The van der Waals surface area contributed by atoms with Gasteiger partial charge in [-0.3, -0.25) is 9.69 Å². The molecule has 0 radical (unpaired) electrons. The normalized spacial score (nSPS) is 22.1. The van der Waals surface area contributed by atoms with Crippen LogP contribution < -0.4 is 0 Å². The van der Waals surface area contributed by atoms with Crippen molar-refractivity contribution in [3.8, 4) is 5.75 Å². The number of carbonyl (C=O) groups is 1. The summed E-state index contributed by atoms with van der Waals surface area (Å²) < 4.78 is 0. The average molecular weight is 277 g/mol. The Hall–Kier alpha value is -1.55. The smallest absolute Gasteiger partial charge is 0.303 e. The van der Waals surface area contributed by atoms with Gasteiger partial charge in [-0.15, -0.1) is 0 Å². The van der Waals surface area contributed by atoms with E-state index in [0.717, 1.165) is 30.8 Å². The van der Waals surface area contributed by atoms with Crippen molar-refractivity contribution in [2.45, 2.75) is 33.7 Å². The molecule has 0 bridgehead atoms. The topological polar surface area (TPSA) is 60.8 Å². The molecule has 1 aromatic rings. The Morgan fingerprint density at radius 2 is 2.15 bits per heavy atom. The van der Waals surface area contributed by atoms with Gasteiger partial charge in [0.15, 0.2) is 0 Å². The molecule has 1 fully saturated rings. The summed E-state index contributed by atoms with van der Waals surface area (Å²) in [5.41, 5.74) is 1.96. The molecule has 2 N–H and O–H groups in total. The van der Waals surface area contributed by atoms with E-state index in [-0.39, 0.29) is 17.8 Å². The first-order valence-corrected chi connectivity index (χ1v) is 7.00. The summed E-state index contributed by atoms with van der Waals surface area (Å²) in [4.78, 5) is 13.2. The van der Waals surface area contributed by atoms with Gasteiger partial charge >= 0.3 is 5.97 Å². The zero-order valence-corrected chi connectivity index (χ0v) is 12.4. The number of phenols is 1. The van der Waals surface area contributed by atoms with Crippen LogP contribution in [0.2, 0.25) is 0 Å². The predicted octanol–water partition coefficient (Wildman–Crippen LogP) is 2.63. The van der Waals surface area contributed by atoms with Crippen LogP contribution in [0, 0.1) is 18.3 Å². The first kappa shape index (κ1) is 14.9. The lowest BCUT2D eigenvalue weighted by Gasteiger charge is -2.24. The van der Waals surface area contributed by atoms with Crippen molar-refractivity contribution in [2.24, 2.45) is 11.3 Å². The van der Waals surface area contributed by atoms with Gasteiger partial charge < -0.3 is 10.2 Å². The third kappa shape index (κ3) is 3.31. The third-order valence-corrected chi connectivity index (χ3v) is 4.32. The highest BCUT2D eigenvalue weighted by Crippen LogP contribution is 2.38. The van der Waals surface area contributed by atoms with Crippen LogP contribution >= 0.6 is 0 Å². The molecule has 1 aromatic carbocycles. The van der Waals surface area contributed by atoms with Crippen molar-refractivity contribution < 1.29 is 15.0 Å². The Kier molecular flexibility index (Phi) is 4.04. The maximum Gasteiger partial charge on any atom is 0.303 e. The monoisotopic (exact) mass is 277 g/mol. The van der Waals surface area contributed by atoms with E-state index in [1.807, 2.05) is 19.1 Å². The summed E-state index contributed by atoms with van der Waals surface area (Å²) in [6, 6.07) is 5.74. The SMILES string of the molecule is Cc1ccc(CN2CC(CC(=O)O)C(C)(C)C2)cc1O. The number of likely N-dealkylation sites (tertiary alicyclic amines) is 1. The minimum absolute atomic E-state index is 0.0190.